The molecule has 1 aliphatic heterocycles. The molecule has 3 heterocycles. The van der Waals surface area contributed by atoms with Gasteiger partial charge in [0.25, 0.3) is 15.6 Å². The van der Waals surface area contributed by atoms with Crippen LogP contribution in [0.25, 0.3) is 11.2 Å². The molecule has 0 radical (unpaired) electrons. The number of nitrogens with two attached hydrogens (primary N) is 1. The van der Waals surface area contributed by atoms with Crippen molar-refractivity contribution in [3.63, 3.8) is 0 Å². The summed E-state index contributed by atoms with van der Waals surface area (Å²) in [7, 11) is -17.6. The van der Waals surface area contributed by atoms with E-state index in [4.69, 9.17) is 10.5 Å². The number of carbonyl (C=O) groups excluding carboxylic acids is 3. The zero-order valence-electron chi connectivity index (χ0n) is 44.0. The molecule has 2 aromatic rings. The molecule has 1 fully saturated rings. The van der Waals surface area contributed by atoms with E-state index in [0.29, 0.717) is 12.2 Å². The van der Waals surface area contributed by atoms with Crippen LogP contribution in [0.5, 0.6) is 0 Å². The number of rotatable bonds is 40. The van der Waals surface area contributed by atoms with E-state index in [2.05, 4.69) is 111 Å². The third-order valence-electron chi connectivity index (χ3n) is 11.6. The molecule has 0 saturated carbocycles. The van der Waals surface area contributed by atoms with Crippen molar-refractivity contribution >= 4 is 69.1 Å². The van der Waals surface area contributed by atoms with Crippen LogP contribution < -0.4 is 35.9 Å². The van der Waals surface area contributed by atoms with Crippen molar-refractivity contribution in [2.24, 2.45) is 5.41 Å². The summed E-state index contributed by atoms with van der Waals surface area (Å²) in [6.45, 7) is 2.30. The van der Waals surface area contributed by atoms with Crippen LogP contribution in [0.4, 0.5) is 5.82 Å². The highest BCUT2D eigenvalue weighted by Crippen LogP contribution is 2.56. The van der Waals surface area contributed by atoms with Gasteiger partial charge in [0.05, 0.1) is 27.4 Å². The van der Waals surface area contributed by atoms with Gasteiger partial charge >= 0.3 is 0 Å². The molecular weight excluding hydrogens is 1080 g/mol. The van der Waals surface area contributed by atoms with Gasteiger partial charge in [-0.15, -0.1) is 0 Å². The van der Waals surface area contributed by atoms with Crippen LogP contribution in [-0.4, -0.2) is 103 Å². The Bertz CT molecular complexity index is 2420. The first-order chi connectivity index (χ1) is 36.6. The zero-order chi connectivity index (χ0) is 56.7. The van der Waals surface area contributed by atoms with Gasteiger partial charge in [-0.05, 0) is 51.4 Å². The predicted octanol–water partition coefficient (Wildman–Crippen LogP) is 5.18. The van der Waals surface area contributed by atoms with E-state index >= 15 is 0 Å². The number of hydrogen-bond donors (Lipinski definition) is 5. The minimum atomic E-state index is -5.93. The number of imidazole rings is 1. The highest BCUT2D eigenvalue weighted by atomic mass is 32.2. The topological polar surface area (TPSA) is 375 Å². The average molecular weight is 1160 g/mol. The van der Waals surface area contributed by atoms with Gasteiger partial charge in [0.2, 0.25) is 11.8 Å². The largest absolute Gasteiger partial charge is 0.790 e. The number of hydrogen-bond acceptors (Lipinski definition) is 22. The number of allylic oxidation sites excluding steroid dienone is 10. The summed E-state index contributed by atoms with van der Waals surface area (Å²) in [5.74, 6) is -1.15. The van der Waals surface area contributed by atoms with Crippen LogP contribution in [0.3, 0.4) is 0 Å². The van der Waals surface area contributed by atoms with Gasteiger partial charge in [0.15, 0.2) is 22.8 Å². The number of aliphatic hydroxyl groups excluding tert-OH is 2. The highest BCUT2D eigenvalue weighted by Gasteiger charge is 2.47. The van der Waals surface area contributed by atoms with E-state index in [1.165, 1.54) is 46.0 Å². The molecule has 3 rings (SSSR count). The van der Waals surface area contributed by atoms with Gasteiger partial charge in [-0.3, -0.25) is 28.1 Å². The minimum Gasteiger partial charge on any atom is -0.790 e. The number of fused-ring (bicyclic) bond motifs is 1. The lowest BCUT2D eigenvalue weighted by Crippen LogP contribution is -2.46. The van der Waals surface area contributed by atoms with Crippen LogP contribution in [0.15, 0.2) is 73.4 Å². The molecule has 1 aliphatic rings. The third-order valence-corrected chi connectivity index (χ3v) is 15.6. The number of phosphoric ester groups is 3. The minimum absolute atomic E-state index is 0.0198. The van der Waals surface area contributed by atoms with E-state index in [1.807, 2.05) is 0 Å². The molecule has 77 heavy (non-hydrogen) atoms. The molecular formula is C49H76N7O17P3S-4. The molecule has 0 aromatic carbocycles. The number of nitrogens with one attached hydrogen (secondary N) is 2. The smallest absolute Gasteiger partial charge is 0.274 e. The van der Waals surface area contributed by atoms with Crippen LogP contribution >= 0.6 is 35.2 Å². The van der Waals surface area contributed by atoms with E-state index in [9.17, 15) is 57.9 Å². The predicted molar refractivity (Wildman–Crippen MR) is 283 cm³/mol. The van der Waals surface area contributed by atoms with Gasteiger partial charge in [0, 0.05) is 37.1 Å². The summed E-state index contributed by atoms with van der Waals surface area (Å²) < 4.78 is 61.0. The van der Waals surface area contributed by atoms with Crippen molar-refractivity contribution in [1.29, 1.82) is 0 Å². The van der Waals surface area contributed by atoms with Crippen LogP contribution in [0, 0.1) is 5.41 Å². The van der Waals surface area contributed by atoms with E-state index in [0.717, 1.165) is 93.2 Å². The molecule has 2 amide bonds. The Morgan fingerprint density at radius 3 is 1.99 bits per heavy atom. The lowest BCUT2D eigenvalue weighted by Gasteiger charge is -2.36. The van der Waals surface area contributed by atoms with Crippen molar-refractivity contribution in [2.45, 2.75) is 161 Å². The standard InChI is InChI=1S/C49H80N7O17P3S/c1-4-5-6-7-8-9-10-11-12-13-14-15-16-17-18-19-20-21-22-23-24-25-26-27-28-29-40(58)77-33-32-51-39(57)30-31-52-47(61)44(60)49(2,3)35-70-76(67,68)73-75(65,66)69-34-38-43(72-74(62,63)64)42(59)48(71-38)56-37-55-41-45(50)53-36-54-46(41)56/h5-6,8-9,11-12,14-15,17-18,36-38,42-44,48,59-60H,4,7,10,13,16,19-35H2,1-3H3,(H,51,57)(H,52,61)(H,65,66)(H,67,68)(H2,50,53,54)(H2,62,63,64)/p-4/b6-5-,9-8-,12-11-,15-14-,18-17-/t38-,42-,43-,44+,48-/m1/s1. The maximum atomic E-state index is 12.7. The fourth-order valence-corrected chi connectivity index (χ4v) is 10.9. The molecule has 24 nitrogen and oxygen atoms in total. The monoisotopic (exact) mass is 1160 g/mol. The van der Waals surface area contributed by atoms with Crippen LogP contribution in [0.2, 0.25) is 0 Å². The number of aliphatic hydroxyl groups is 2. The maximum absolute atomic E-state index is 12.7. The Kier molecular flexibility index (Phi) is 31.4. The molecule has 28 heteroatoms. The number of anilines is 1. The number of unbranched alkanes of at least 4 members (excludes halogenated alkanes) is 9. The average Bonchev–Trinajstić information content (AvgIpc) is 3.96. The van der Waals surface area contributed by atoms with Crippen molar-refractivity contribution in [3.05, 3.63) is 73.4 Å². The number of thioether (sulfide) groups is 1. The van der Waals surface area contributed by atoms with Crippen molar-refractivity contribution < 1.29 is 80.5 Å². The molecule has 2 unspecified atom stereocenters. The summed E-state index contributed by atoms with van der Waals surface area (Å²) in [5, 5.41) is 26.5. The van der Waals surface area contributed by atoms with Crippen molar-refractivity contribution in [3.8, 4) is 0 Å². The number of nitrogen functional groups attached to an aromatic ring is 1. The number of nitrogens with zero attached hydrogens (tertiary/aromatic N) is 4. The third kappa shape index (κ3) is 27.8. The molecule has 434 valence electrons. The summed E-state index contributed by atoms with van der Waals surface area (Å²) in [4.78, 5) is 97.1. The number of ether oxygens (including phenoxy) is 1. The first-order valence-corrected chi connectivity index (χ1v) is 31.1. The Hall–Kier alpha value is -3.74. The first kappa shape index (κ1) is 67.5. The fourth-order valence-electron chi connectivity index (χ4n) is 7.48. The Labute approximate surface area is 455 Å². The highest BCUT2D eigenvalue weighted by molar-refractivity contribution is 8.13. The summed E-state index contributed by atoms with van der Waals surface area (Å²) in [5.41, 5.74) is 4.09. The van der Waals surface area contributed by atoms with Gasteiger partial charge < -0.3 is 69.0 Å². The van der Waals surface area contributed by atoms with Gasteiger partial charge in [-0.2, -0.15) is 0 Å². The summed E-state index contributed by atoms with van der Waals surface area (Å²) in [6.07, 6.45) is 31.3. The number of carbonyl (C=O) groups is 3. The molecule has 7 atom stereocenters. The second kappa shape index (κ2) is 35.8. The second-order valence-corrected chi connectivity index (χ2v) is 23.8. The van der Waals surface area contributed by atoms with Crippen LogP contribution in [0.1, 0.15) is 136 Å². The first-order valence-electron chi connectivity index (χ1n) is 25.8. The quantitative estimate of drug-likeness (QED) is 0.0326. The number of aromatic nitrogens is 4. The maximum Gasteiger partial charge on any atom is 0.274 e. The zero-order valence-corrected chi connectivity index (χ0v) is 47.5. The summed E-state index contributed by atoms with van der Waals surface area (Å²) >= 11 is 1.14. The van der Waals surface area contributed by atoms with Gasteiger partial charge in [-0.1, -0.05) is 138 Å². The van der Waals surface area contributed by atoms with Crippen molar-refractivity contribution in [2.75, 3.05) is 37.8 Å². The SMILES string of the molecule is CC/C=C\C/C=C\C/C=C\C/C=C\C/C=C\CCCCCCCCCCCC(=O)SCCNC(=O)CCNC(=O)[C@H](O)C(C)(C)COP(=O)([O-])OP(=O)([O-])OC[C@H]1O[C@@H](n2cnc3c(N)ncnc32)[C@H](O)[C@@H]1OP(=O)([O-])[O-]. The lowest BCUT2D eigenvalue weighted by atomic mass is 9.87. The van der Waals surface area contributed by atoms with Crippen molar-refractivity contribution in [1.82, 2.24) is 30.2 Å². The van der Waals surface area contributed by atoms with E-state index < -0.39 is 84.6 Å². The molecule has 0 bridgehead atoms. The Morgan fingerprint density at radius 2 is 1.38 bits per heavy atom. The number of phosphoric acid groups is 3. The van der Waals surface area contributed by atoms with Gasteiger partial charge in [0.1, 0.15) is 36.3 Å². The molecule has 6 N–H and O–H groups in total. The molecule has 1 saturated heterocycles. The van der Waals surface area contributed by atoms with E-state index in [1.54, 1.807) is 0 Å². The lowest BCUT2D eigenvalue weighted by molar-refractivity contribution is -0.347. The van der Waals surface area contributed by atoms with Gasteiger partial charge in [-0.25, -0.2) is 19.3 Å². The normalized spacial score (nSPS) is 19.5. The Balaban J connectivity index is 1.21. The molecule has 2 aromatic heterocycles. The Morgan fingerprint density at radius 1 is 0.805 bits per heavy atom. The van der Waals surface area contributed by atoms with Crippen LogP contribution in [-0.2, 0) is 50.7 Å². The molecule has 0 spiro atoms. The second-order valence-electron chi connectivity index (χ2n) is 18.6. The fraction of sp³-hybridized carbons (Fsp3) is 0.633. The number of amides is 2. The van der Waals surface area contributed by atoms with E-state index in [-0.39, 0.29) is 41.6 Å². The molecule has 0 aliphatic carbocycles. The summed E-state index contributed by atoms with van der Waals surface area (Å²) in [6, 6.07) is 0.